The molecule has 2 rings (SSSR count). The van der Waals surface area contributed by atoms with Crippen molar-refractivity contribution in [3.63, 3.8) is 0 Å². The van der Waals surface area contributed by atoms with E-state index in [1.807, 2.05) is 12.1 Å². The lowest BCUT2D eigenvalue weighted by Crippen LogP contribution is -2.12. The number of aliphatic hydroxyl groups is 1. The average molecular weight is 255 g/mol. The van der Waals surface area contributed by atoms with Crippen LogP contribution in [0.2, 0.25) is 0 Å². The Kier molecular flexibility index (Phi) is 4.72. The van der Waals surface area contributed by atoms with Crippen LogP contribution in [0.25, 0.3) is 0 Å². The largest absolute Gasteiger partial charge is 0.392 e. The third-order valence-corrected chi connectivity index (χ3v) is 3.15. The van der Waals surface area contributed by atoms with Crippen molar-refractivity contribution in [1.29, 1.82) is 0 Å². The molecule has 0 atom stereocenters. The second-order valence-corrected chi connectivity index (χ2v) is 5.07. The van der Waals surface area contributed by atoms with Crippen molar-refractivity contribution in [2.24, 2.45) is 0 Å². The van der Waals surface area contributed by atoms with Crippen molar-refractivity contribution in [2.45, 2.75) is 33.5 Å². The van der Waals surface area contributed by atoms with Crippen molar-refractivity contribution in [2.75, 3.05) is 0 Å². The van der Waals surface area contributed by atoms with E-state index in [-0.39, 0.29) is 6.61 Å². The second kappa shape index (κ2) is 6.50. The Labute approximate surface area is 115 Å². The molecule has 2 heteroatoms. The quantitative estimate of drug-likeness (QED) is 0.860. The van der Waals surface area contributed by atoms with E-state index in [9.17, 15) is 0 Å². The first kappa shape index (κ1) is 13.8. The molecule has 0 fully saturated rings. The van der Waals surface area contributed by atoms with E-state index < -0.39 is 0 Å². The number of hydrogen-bond donors (Lipinski definition) is 2. The van der Waals surface area contributed by atoms with Crippen LogP contribution in [0, 0.1) is 13.8 Å². The van der Waals surface area contributed by atoms with Gasteiger partial charge in [0.25, 0.3) is 0 Å². The fourth-order valence-electron chi connectivity index (χ4n) is 2.28. The minimum atomic E-state index is 0.107. The molecule has 0 aliphatic carbocycles. The van der Waals surface area contributed by atoms with Gasteiger partial charge in [0.2, 0.25) is 0 Å². The Hall–Kier alpha value is -1.64. The molecule has 19 heavy (non-hydrogen) atoms. The summed E-state index contributed by atoms with van der Waals surface area (Å²) >= 11 is 0. The molecule has 0 saturated carbocycles. The fraction of sp³-hybridized carbons (Fsp3) is 0.294. The lowest BCUT2D eigenvalue weighted by Gasteiger charge is -2.08. The molecule has 100 valence electrons. The first-order valence-corrected chi connectivity index (χ1v) is 6.64. The third kappa shape index (κ3) is 4.19. The maximum absolute atomic E-state index is 8.99. The zero-order valence-corrected chi connectivity index (χ0v) is 11.6. The molecule has 0 unspecified atom stereocenters. The Bertz CT molecular complexity index is 511. The van der Waals surface area contributed by atoms with Gasteiger partial charge in [0.1, 0.15) is 0 Å². The van der Waals surface area contributed by atoms with Crippen molar-refractivity contribution in [1.82, 2.24) is 5.32 Å². The minimum absolute atomic E-state index is 0.107. The predicted octanol–water partition coefficient (Wildman–Crippen LogP) is 3.09. The van der Waals surface area contributed by atoms with Crippen LogP contribution in [0.4, 0.5) is 0 Å². The van der Waals surface area contributed by atoms with Crippen LogP contribution in [-0.2, 0) is 19.7 Å². The van der Waals surface area contributed by atoms with E-state index in [1.165, 1.54) is 22.3 Å². The van der Waals surface area contributed by atoms with Crippen molar-refractivity contribution in [3.8, 4) is 0 Å². The average Bonchev–Trinajstić information content (AvgIpc) is 2.38. The van der Waals surface area contributed by atoms with Gasteiger partial charge < -0.3 is 10.4 Å². The van der Waals surface area contributed by atoms with E-state index >= 15 is 0 Å². The SMILES string of the molecule is Cc1cc(C)cc(CNCc2ccc(CO)cc2)c1. The summed E-state index contributed by atoms with van der Waals surface area (Å²) < 4.78 is 0. The van der Waals surface area contributed by atoms with Gasteiger partial charge in [-0.2, -0.15) is 0 Å². The molecule has 0 aliphatic rings. The lowest BCUT2D eigenvalue weighted by molar-refractivity contribution is 0.282. The zero-order valence-electron chi connectivity index (χ0n) is 11.6. The molecule has 2 aromatic rings. The topological polar surface area (TPSA) is 32.3 Å². The normalized spacial score (nSPS) is 10.7. The molecule has 0 radical (unpaired) electrons. The molecule has 0 spiro atoms. The molecule has 0 saturated heterocycles. The summed E-state index contributed by atoms with van der Waals surface area (Å²) in [6, 6.07) is 14.7. The van der Waals surface area contributed by atoms with Gasteiger partial charge in [-0.1, -0.05) is 53.6 Å². The first-order valence-electron chi connectivity index (χ1n) is 6.64. The van der Waals surface area contributed by atoms with Crippen LogP contribution in [0.15, 0.2) is 42.5 Å². The molecule has 2 N–H and O–H groups in total. The zero-order chi connectivity index (χ0) is 13.7. The molecular formula is C17H21NO. The first-order chi connectivity index (χ1) is 9.17. The van der Waals surface area contributed by atoms with E-state index in [4.69, 9.17) is 5.11 Å². The second-order valence-electron chi connectivity index (χ2n) is 5.07. The van der Waals surface area contributed by atoms with Crippen molar-refractivity contribution in [3.05, 3.63) is 70.3 Å². The number of hydrogen-bond acceptors (Lipinski definition) is 2. The van der Waals surface area contributed by atoms with Gasteiger partial charge >= 0.3 is 0 Å². The number of aliphatic hydroxyl groups excluding tert-OH is 1. The molecule has 0 amide bonds. The molecule has 2 aromatic carbocycles. The molecule has 0 bridgehead atoms. The molecule has 0 aliphatic heterocycles. The maximum Gasteiger partial charge on any atom is 0.0681 e. The van der Waals surface area contributed by atoms with Gasteiger partial charge in [0.15, 0.2) is 0 Å². The van der Waals surface area contributed by atoms with Gasteiger partial charge in [0.05, 0.1) is 6.61 Å². The highest BCUT2D eigenvalue weighted by atomic mass is 16.3. The summed E-state index contributed by atoms with van der Waals surface area (Å²) in [6.45, 7) is 6.09. The molecular weight excluding hydrogens is 234 g/mol. The van der Waals surface area contributed by atoms with Crippen molar-refractivity contribution >= 4 is 0 Å². The summed E-state index contributed by atoms with van der Waals surface area (Å²) in [6.07, 6.45) is 0. The van der Waals surface area contributed by atoms with Crippen molar-refractivity contribution < 1.29 is 5.11 Å². The summed E-state index contributed by atoms with van der Waals surface area (Å²) in [5.74, 6) is 0. The summed E-state index contributed by atoms with van der Waals surface area (Å²) in [7, 11) is 0. The number of nitrogens with one attached hydrogen (secondary N) is 1. The van der Waals surface area contributed by atoms with Gasteiger partial charge in [-0.3, -0.25) is 0 Å². The van der Waals surface area contributed by atoms with Crippen LogP contribution in [0.3, 0.4) is 0 Å². The standard InChI is InChI=1S/C17H21NO/c1-13-7-14(2)9-17(8-13)11-18-10-15-3-5-16(12-19)6-4-15/h3-9,18-19H,10-12H2,1-2H3. The summed E-state index contributed by atoms with van der Waals surface area (Å²) in [4.78, 5) is 0. The number of aryl methyl sites for hydroxylation is 2. The fourth-order valence-corrected chi connectivity index (χ4v) is 2.28. The van der Waals surface area contributed by atoms with Crippen LogP contribution in [-0.4, -0.2) is 5.11 Å². The van der Waals surface area contributed by atoms with Gasteiger partial charge in [-0.25, -0.2) is 0 Å². The Morgan fingerprint density at radius 3 is 1.89 bits per heavy atom. The lowest BCUT2D eigenvalue weighted by atomic mass is 10.1. The predicted molar refractivity (Wildman–Crippen MR) is 78.8 cm³/mol. The Morgan fingerprint density at radius 2 is 1.32 bits per heavy atom. The monoisotopic (exact) mass is 255 g/mol. The summed E-state index contributed by atoms with van der Waals surface area (Å²) in [5, 5.41) is 12.4. The van der Waals surface area contributed by atoms with Crippen LogP contribution < -0.4 is 5.32 Å². The van der Waals surface area contributed by atoms with E-state index in [0.29, 0.717) is 0 Å². The van der Waals surface area contributed by atoms with Gasteiger partial charge in [-0.15, -0.1) is 0 Å². The van der Waals surface area contributed by atoms with Crippen LogP contribution >= 0.6 is 0 Å². The van der Waals surface area contributed by atoms with E-state index in [0.717, 1.165) is 18.7 Å². The maximum atomic E-state index is 8.99. The molecule has 2 nitrogen and oxygen atoms in total. The third-order valence-electron chi connectivity index (χ3n) is 3.15. The molecule has 0 aromatic heterocycles. The minimum Gasteiger partial charge on any atom is -0.392 e. The Morgan fingerprint density at radius 1 is 0.789 bits per heavy atom. The van der Waals surface area contributed by atoms with Crippen LogP contribution in [0.1, 0.15) is 27.8 Å². The number of benzene rings is 2. The van der Waals surface area contributed by atoms with E-state index in [1.54, 1.807) is 0 Å². The Balaban J connectivity index is 1.88. The van der Waals surface area contributed by atoms with E-state index in [2.05, 4.69) is 49.5 Å². The highest BCUT2D eigenvalue weighted by Crippen LogP contribution is 2.09. The summed E-state index contributed by atoms with van der Waals surface area (Å²) in [5.41, 5.74) is 6.14. The highest BCUT2D eigenvalue weighted by molar-refractivity contribution is 5.28. The van der Waals surface area contributed by atoms with Gasteiger partial charge in [0, 0.05) is 13.1 Å². The van der Waals surface area contributed by atoms with Crippen LogP contribution in [0.5, 0.6) is 0 Å². The smallest absolute Gasteiger partial charge is 0.0681 e. The van der Waals surface area contributed by atoms with Gasteiger partial charge in [-0.05, 0) is 30.5 Å². The number of rotatable bonds is 5. The molecule has 0 heterocycles. The highest BCUT2D eigenvalue weighted by Gasteiger charge is 1.97.